The minimum absolute atomic E-state index is 0.00818. The van der Waals surface area contributed by atoms with E-state index in [0.717, 1.165) is 12.8 Å². The Morgan fingerprint density at radius 1 is 1.53 bits per heavy atom. The third-order valence-electron chi connectivity index (χ3n) is 3.39. The number of non-ortho nitro benzene ring substituents is 1. The second-order valence-electron chi connectivity index (χ2n) is 4.56. The second-order valence-corrected chi connectivity index (χ2v) is 4.56. The van der Waals surface area contributed by atoms with E-state index in [1.807, 2.05) is 0 Å². The van der Waals surface area contributed by atoms with E-state index in [2.05, 4.69) is 0 Å². The summed E-state index contributed by atoms with van der Waals surface area (Å²) in [7, 11) is 0. The predicted octanol–water partition coefficient (Wildman–Crippen LogP) is 0.740. The van der Waals surface area contributed by atoms with Gasteiger partial charge in [-0.05, 0) is 18.9 Å². The van der Waals surface area contributed by atoms with Gasteiger partial charge in [0.1, 0.15) is 0 Å². The molecule has 7 nitrogen and oxygen atoms in total. The molecule has 4 N–H and O–H groups in total. The zero-order valence-electron chi connectivity index (χ0n) is 10.4. The molecular weight excluding hydrogens is 248 g/mol. The molecule has 2 rings (SSSR count). The van der Waals surface area contributed by atoms with Crippen molar-refractivity contribution >= 4 is 17.3 Å². The summed E-state index contributed by atoms with van der Waals surface area (Å²) in [6.45, 7) is 1.00. The van der Waals surface area contributed by atoms with E-state index in [0.29, 0.717) is 13.1 Å². The van der Waals surface area contributed by atoms with Gasteiger partial charge in [0, 0.05) is 37.0 Å². The Morgan fingerprint density at radius 2 is 2.26 bits per heavy atom. The summed E-state index contributed by atoms with van der Waals surface area (Å²) in [6, 6.07) is 3.89. The van der Waals surface area contributed by atoms with E-state index in [1.165, 1.54) is 18.2 Å². The lowest BCUT2D eigenvalue weighted by atomic mass is 10.1. The molecule has 0 aromatic heterocycles. The highest BCUT2D eigenvalue weighted by Crippen LogP contribution is 2.25. The number of nitrogens with two attached hydrogens (primary N) is 2. The number of nitro benzene ring substituents is 1. The second kappa shape index (κ2) is 5.23. The van der Waals surface area contributed by atoms with E-state index < -0.39 is 4.92 Å². The molecule has 1 aromatic carbocycles. The Kier molecular flexibility index (Phi) is 3.66. The van der Waals surface area contributed by atoms with Crippen molar-refractivity contribution in [2.45, 2.75) is 18.9 Å². The van der Waals surface area contributed by atoms with Gasteiger partial charge in [0.15, 0.2) is 0 Å². The minimum atomic E-state index is -0.541. The summed E-state index contributed by atoms with van der Waals surface area (Å²) >= 11 is 0. The zero-order chi connectivity index (χ0) is 14.0. The number of likely N-dealkylation sites (tertiary alicyclic amines) is 1. The van der Waals surface area contributed by atoms with Crippen molar-refractivity contribution in [2.75, 3.05) is 18.8 Å². The van der Waals surface area contributed by atoms with Crippen LogP contribution in [0.4, 0.5) is 11.4 Å². The van der Waals surface area contributed by atoms with E-state index in [9.17, 15) is 14.9 Å². The third-order valence-corrected chi connectivity index (χ3v) is 3.39. The summed E-state index contributed by atoms with van der Waals surface area (Å²) in [5.41, 5.74) is 11.7. The molecule has 0 saturated carbocycles. The highest BCUT2D eigenvalue weighted by atomic mass is 16.6. The molecular formula is C12H16N4O3. The van der Waals surface area contributed by atoms with Crippen LogP contribution in [-0.4, -0.2) is 34.9 Å². The Morgan fingerprint density at radius 3 is 2.89 bits per heavy atom. The molecule has 7 heteroatoms. The van der Waals surface area contributed by atoms with E-state index >= 15 is 0 Å². The molecule has 1 aliphatic heterocycles. The fourth-order valence-corrected chi connectivity index (χ4v) is 2.35. The van der Waals surface area contributed by atoms with Gasteiger partial charge in [-0.1, -0.05) is 0 Å². The summed E-state index contributed by atoms with van der Waals surface area (Å²) < 4.78 is 0. The zero-order valence-corrected chi connectivity index (χ0v) is 10.4. The van der Waals surface area contributed by atoms with Crippen LogP contribution in [0.3, 0.4) is 0 Å². The first-order valence-electron chi connectivity index (χ1n) is 6.09. The fourth-order valence-electron chi connectivity index (χ4n) is 2.35. The molecule has 1 amide bonds. The first-order chi connectivity index (χ1) is 9.04. The number of hydrogen-bond acceptors (Lipinski definition) is 5. The number of nitro groups is 1. The van der Waals surface area contributed by atoms with Crippen molar-refractivity contribution in [2.24, 2.45) is 5.73 Å². The summed E-state index contributed by atoms with van der Waals surface area (Å²) in [5.74, 6) is -0.283. The molecule has 1 atom stereocenters. The van der Waals surface area contributed by atoms with Crippen LogP contribution in [0.15, 0.2) is 18.2 Å². The largest absolute Gasteiger partial charge is 0.398 e. The van der Waals surface area contributed by atoms with Gasteiger partial charge in [0.2, 0.25) is 0 Å². The third kappa shape index (κ3) is 2.50. The topological polar surface area (TPSA) is 115 Å². The van der Waals surface area contributed by atoms with Crippen LogP contribution in [-0.2, 0) is 0 Å². The molecule has 0 bridgehead atoms. The first-order valence-corrected chi connectivity index (χ1v) is 6.09. The van der Waals surface area contributed by atoms with Crippen molar-refractivity contribution in [1.82, 2.24) is 4.90 Å². The smallest absolute Gasteiger partial charge is 0.270 e. The van der Waals surface area contributed by atoms with Gasteiger partial charge in [-0.3, -0.25) is 14.9 Å². The van der Waals surface area contributed by atoms with Crippen molar-refractivity contribution < 1.29 is 9.72 Å². The van der Waals surface area contributed by atoms with Crippen LogP contribution in [0.25, 0.3) is 0 Å². The molecule has 1 unspecified atom stereocenters. The maximum absolute atomic E-state index is 12.4. The molecule has 0 aliphatic carbocycles. The summed E-state index contributed by atoms with van der Waals surface area (Å²) in [4.78, 5) is 24.2. The number of nitrogen functional groups attached to an aromatic ring is 1. The molecule has 19 heavy (non-hydrogen) atoms. The van der Waals surface area contributed by atoms with E-state index in [1.54, 1.807) is 4.90 Å². The lowest BCUT2D eigenvalue weighted by Gasteiger charge is -2.24. The van der Waals surface area contributed by atoms with Crippen molar-refractivity contribution in [3.63, 3.8) is 0 Å². The van der Waals surface area contributed by atoms with Crippen LogP contribution in [0.1, 0.15) is 23.2 Å². The minimum Gasteiger partial charge on any atom is -0.398 e. The number of benzene rings is 1. The number of amides is 1. The monoisotopic (exact) mass is 264 g/mol. The lowest BCUT2D eigenvalue weighted by Crippen LogP contribution is -2.40. The standard InChI is InChI=1S/C12H16N4O3/c13-7-9-2-1-5-15(9)12(17)10-6-8(16(18)19)3-4-11(10)14/h3-4,6,9H,1-2,5,7,13-14H2. The molecule has 1 fully saturated rings. The van der Waals surface area contributed by atoms with E-state index in [-0.39, 0.29) is 28.9 Å². The van der Waals surface area contributed by atoms with Crippen LogP contribution in [0.2, 0.25) is 0 Å². The lowest BCUT2D eigenvalue weighted by molar-refractivity contribution is -0.384. The predicted molar refractivity (Wildman–Crippen MR) is 70.6 cm³/mol. The van der Waals surface area contributed by atoms with Gasteiger partial charge in [0.05, 0.1) is 10.5 Å². The molecule has 0 radical (unpaired) electrons. The maximum atomic E-state index is 12.4. The van der Waals surface area contributed by atoms with Gasteiger partial charge in [0.25, 0.3) is 11.6 Å². The van der Waals surface area contributed by atoms with Crippen LogP contribution >= 0.6 is 0 Å². The highest BCUT2D eigenvalue weighted by Gasteiger charge is 2.30. The molecule has 1 heterocycles. The Hall–Kier alpha value is -2.15. The molecule has 102 valence electrons. The highest BCUT2D eigenvalue weighted by molar-refractivity contribution is 6.00. The van der Waals surface area contributed by atoms with Crippen LogP contribution in [0.5, 0.6) is 0 Å². The number of carbonyl (C=O) groups excluding carboxylic acids is 1. The number of rotatable bonds is 3. The van der Waals surface area contributed by atoms with Gasteiger partial charge in [-0.25, -0.2) is 0 Å². The molecule has 0 spiro atoms. The quantitative estimate of drug-likeness (QED) is 0.474. The summed E-state index contributed by atoms with van der Waals surface area (Å²) in [6.07, 6.45) is 1.75. The Balaban J connectivity index is 2.32. The van der Waals surface area contributed by atoms with Crippen molar-refractivity contribution in [1.29, 1.82) is 0 Å². The van der Waals surface area contributed by atoms with Gasteiger partial charge < -0.3 is 16.4 Å². The van der Waals surface area contributed by atoms with Crippen molar-refractivity contribution in [3.05, 3.63) is 33.9 Å². The van der Waals surface area contributed by atoms with Crippen LogP contribution in [0, 0.1) is 10.1 Å². The number of nitrogens with zero attached hydrogens (tertiary/aromatic N) is 2. The average molecular weight is 264 g/mol. The normalized spacial score (nSPS) is 18.6. The molecule has 1 saturated heterocycles. The molecule has 1 aromatic rings. The van der Waals surface area contributed by atoms with Crippen LogP contribution < -0.4 is 11.5 Å². The maximum Gasteiger partial charge on any atom is 0.270 e. The van der Waals surface area contributed by atoms with Crippen molar-refractivity contribution in [3.8, 4) is 0 Å². The number of anilines is 1. The number of carbonyl (C=O) groups is 1. The van der Waals surface area contributed by atoms with Gasteiger partial charge in [-0.2, -0.15) is 0 Å². The molecule has 1 aliphatic rings. The van der Waals surface area contributed by atoms with E-state index in [4.69, 9.17) is 11.5 Å². The SMILES string of the molecule is NCC1CCCN1C(=O)c1cc([N+](=O)[O-])ccc1N. The fraction of sp³-hybridized carbons (Fsp3) is 0.417. The first kappa shape index (κ1) is 13.3. The number of hydrogen-bond donors (Lipinski definition) is 2. The van der Waals surface area contributed by atoms with Gasteiger partial charge in [-0.15, -0.1) is 0 Å². The Bertz CT molecular complexity index is 518. The average Bonchev–Trinajstić information content (AvgIpc) is 2.86. The Labute approximate surface area is 110 Å². The summed E-state index contributed by atoms with van der Waals surface area (Å²) in [5, 5.41) is 10.7. The van der Waals surface area contributed by atoms with Gasteiger partial charge >= 0.3 is 0 Å².